The molecule has 3 heteroatoms. The van der Waals surface area contributed by atoms with Crippen LogP contribution in [0.3, 0.4) is 0 Å². The Labute approximate surface area is 66.3 Å². The number of rotatable bonds is 2. The van der Waals surface area contributed by atoms with Crippen LogP contribution in [-0.2, 0) is 0 Å². The average Bonchev–Trinajstić information content (AvgIpc) is 1.85. The Morgan fingerprint density at radius 2 is 2.36 bits per heavy atom. The molecular weight excluding hydrogens is 145 g/mol. The first kappa shape index (κ1) is 8.68. The highest BCUT2D eigenvalue weighted by Gasteiger charge is 2.24. The zero-order valence-corrected chi connectivity index (χ0v) is 6.54. The summed E-state index contributed by atoms with van der Waals surface area (Å²) in [5.41, 5.74) is 0. The number of alkyl halides is 1. The molecule has 0 amide bonds. The van der Waals surface area contributed by atoms with Gasteiger partial charge in [0.05, 0.1) is 6.10 Å². The fourth-order valence-corrected chi connectivity index (χ4v) is 1.43. The summed E-state index contributed by atoms with van der Waals surface area (Å²) in [6, 6.07) is 0. The first-order valence-corrected chi connectivity index (χ1v) is 3.87. The highest BCUT2D eigenvalue weighted by molar-refractivity contribution is 4.82. The van der Waals surface area contributed by atoms with Crippen LogP contribution in [0.2, 0.25) is 0 Å². The van der Waals surface area contributed by atoms with E-state index in [2.05, 4.69) is 6.58 Å². The van der Waals surface area contributed by atoms with Crippen LogP contribution in [0.1, 0.15) is 6.42 Å². The third-order valence-electron chi connectivity index (χ3n) is 1.84. The Morgan fingerprint density at radius 3 is 2.91 bits per heavy atom. The highest BCUT2D eigenvalue weighted by Crippen LogP contribution is 2.12. The minimum atomic E-state index is -0.876. The Morgan fingerprint density at radius 1 is 1.64 bits per heavy atom. The Kier molecular flexibility index (Phi) is 3.02. The summed E-state index contributed by atoms with van der Waals surface area (Å²) in [6.45, 7) is 5.23. The quantitative estimate of drug-likeness (QED) is 0.596. The molecule has 1 heterocycles. The molecule has 1 saturated heterocycles. The number of piperidine rings is 1. The molecule has 1 fully saturated rings. The topological polar surface area (TPSA) is 23.5 Å². The molecule has 0 aromatic carbocycles. The van der Waals surface area contributed by atoms with Crippen molar-refractivity contribution in [2.24, 2.45) is 0 Å². The molecule has 0 spiro atoms. The average molecular weight is 159 g/mol. The lowest BCUT2D eigenvalue weighted by Gasteiger charge is -2.31. The number of β-amino-alcohol motifs (C(OH)–C–C–N with tert-alkyl or cyclic N) is 1. The molecule has 1 N–H and O–H groups in total. The van der Waals surface area contributed by atoms with Gasteiger partial charge in [0.2, 0.25) is 0 Å². The third-order valence-corrected chi connectivity index (χ3v) is 1.84. The van der Waals surface area contributed by atoms with Crippen molar-refractivity contribution in [2.75, 3.05) is 19.6 Å². The smallest absolute Gasteiger partial charge is 0.115 e. The number of aliphatic hydroxyl groups excluding tert-OH is 1. The van der Waals surface area contributed by atoms with Gasteiger partial charge in [0.25, 0.3) is 0 Å². The van der Waals surface area contributed by atoms with E-state index in [1.54, 1.807) is 6.08 Å². The first-order valence-electron chi connectivity index (χ1n) is 3.87. The van der Waals surface area contributed by atoms with Gasteiger partial charge in [-0.15, -0.1) is 6.58 Å². The maximum atomic E-state index is 12.8. The monoisotopic (exact) mass is 159 g/mol. The van der Waals surface area contributed by atoms with Gasteiger partial charge in [-0.05, 0) is 0 Å². The molecule has 11 heavy (non-hydrogen) atoms. The molecule has 2 nitrogen and oxygen atoms in total. The predicted octanol–water partition coefficient (Wildman–Crippen LogP) is 0.577. The fraction of sp³-hybridized carbons (Fsp3) is 0.750. The fourth-order valence-electron chi connectivity index (χ4n) is 1.43. The zero-order valence-electron chi connectivity index (χ0n) is 6.54. The maximum Gasteiger partial charge on any atom is 0.115 e. The Balaban J connectivity index is 2.36. The van der Waals surface area contributed by atoms with Crippen LogP contribution in [0.15, 0.2) is 12.7 Å². The van der Waals surface area contributed by atoms with Crippen LogP contribution in [0, 0.1) is 0 Å². The normalized spacial score (nSPS) is 33.6. The van der Waals surface area contributed by atoms with Crippen LogP contribution in [-0.4, -0.2) is 41.9 Å². The Bertz CT molecular complexity index is 130. The van der Waals surface area contributed by atoms with Crippen molar-refractivity contribution in [2.45, 2.75) is 18.7 Å². The SMILES string of the molecule is C=CCN1CC(O)CC(F)C1. The lowest BCUT2D eigenvalue weighted by Crippen LogP contribution is -2.43. The maximum absolute atomic E-state index is 12.8. The van der Waals surface area contributed by atoms with Crippen molar-refractivity contribution in [3.8, 4) is 0 Å². The van der Waals surface area contributed by atoms with Crippen molar-refractivity contribution >= 4 is 0 Å². The van der Waals surface area contributed by atoms with E-state index in [4.69, 9.17) is 5.11 Å². The van der Waals surface area contributed by atoms with E-state index < -0.39 is 12.3 Å². The first-order chi connectivity index (χ1) is 5.22. The van der Waals surface area contributed by atoms with Gasteiger partial charge in [-0.2, -0.15) is 0 Å². The molecule has 0 aromatic heterocycles. The van der Waals surface area contributed by atoms with Crippen LogP contribution in [0.5, 0.6) is 0 Å². The molecule has 0 radical (unpaired) electrons. The number of nitrogens with zero attached hydrogens (tertiary/aromatic N) is 1. The predicted molar refractivity (Wildman–Crippen MR) is 42.2 cm³/mol. The number of halogens is 1. The summed E-state index contributed by atoms with van der Waals surface area (Å²) in [5.74, 6) is 0. The number of likely N-dealkylation sites (tertiary alicyclic amines) is 1. The molecule has 0 aromatic rings. The molecule has 2 unspecified atom stereocenters. The standard InChI is InChI=1S/C8H14FNO/c1-2-3-10-5-7(9)4-8(11)6-10/h2,7-8,11H,1,3-6H2. The molecule has 2 atom stereocenters. The van der Waals surface area contributed by atoms with Gasteiger partial charge in [-0.25, -0.2) is 4.39 Å². The van der Waals surface area contributed by atoms with Gasteiger partial charge in [-0.1, -0.05) is 6.08 Å². The summed E-state index contributed by atoms with van der Waals surface area (Å²) in [7, 11) is 0. The van der Waals surface area contributed by atoms with E-state index in [0.29, 0.717) is 19.6 Å². The number of aliphatic hydroxyl groups is 1. The Hall–Kier alpha value is -0.410. The minimum absolute atomic E-state index is 0.285. The van der Waals surface area contributed by atoms with Crippen LogP contribution >= 0.6 is 0 Å². The number of hydrogen-bond donors (Lipinski definition) is 1. The minimum Gasteiger partial charge on any atom is -0.392 e. The van der Waals surface area contributed by atoms with Crippen molar-refractivity contribution in [3.05, 3.63) is 12.7 Å². The lowest BCUT2D eigenvalue weighted by molar-refractivity contribution is 0.0317. The number of hydrogen-bond acceptors (Lipinski definition) is 2. The van der Waals surface area contributed by atoms with Crippen molar-refractivity contribution in [3.63, 3.8) is 0 Å². The van der Waals surface area contributed by atoms with Gasteiger partial charge in [0, 0.05) is 26.1 Å². The molecule has 1 aliphatic heterocycles. The third kappa shape index (κ3) is 2.60. The molecular formula is C8H14FNO. The van der Waals surface area contributed by atoms with E-state index >= 15 is 0 Å². The van der Waals surface area contributed by atoms with Crippen LogP contribution in [0.4, 0.5) is 4.39 Å². The molecule has 0 saturated carbocycles. The van der Waals surface area contributed by atoms with Gasteiger partial charge in [0.15, 0.2) is 0 Å². The van der Waals surface area contributed by atoms with Crippen molar-refractivity contribution in [1.82, 2.24) is 4.90 Å². The molecule has 64 valence electrons. The van der Waals surface area contributed by atoms with E-state index in [9.17, 15) is 4.39 Å². The second kappa shape index (κ2) is 3.83. The lowest BCUT2D eigenvalue weighted by atomic mass is 10.1. The highest BCUT2D eigenvalue weighted by atomic mass is 19.1. The van der Waals surface area contributed by atoms with Gasteiger partial charge in [0.1, 0.15) is 6.17 Å². The second-order valence-electron chi connectivity index (χ2n) is 2.99. The largest absolute Gasteiger partial charge is 0.392 e. The molecule has 1 rings (SSSR count). The summed E-state index contributed by atoms with van der Waals surface area (Å²) in [6.07, 6.45) is 0.635. The summed E-state index contributed by atoms with van der Waals surface area (Å²) < 4.78 is 12.8. The van der Waals surface area contributed by atoms with E-state index in [1.807, 2.05) is 4.90 Å². The van der Waals surface area contributed by atoms with Crippen molar-refractivity contribution < 1.29 is 9.50 Å². The van der Waals surface area contributed by atoms with Gasteiger partial charge in [-0.3, -0.25) is 4.90 Å². The second-order valence-corrected chi connectivity index (χ2v) is 2.99. The van der Waals surface area contributed by atoms with Gasteiger partial charge >= 0.3 is 0 Å². The zero-order chi connectivity index (χ0) is 8.27. The summed E-state index contributed by atoms with van der Waals surface area (Å²) in [4.78, 5) is 1.87. The van der Waals surface area contributed by atoms with E-state index in [-0.39, 0.29) is 6.42 Å². The van der Waals surface area contributed by atoms with E-state index in [0.717, 1.165) is 0 Å². The van der Waals surface area contributed by atoms with Gasteiger partial charge < -0.3 is 5.11 Å². The molecule has 0 aliphatic carbocycles. The van der Waals surface area contributed by atoms with E-state index in [1.165, 1.54) is 0 Å². The summed E-state index contributed by atoms with van der Waals surface area (Å²) in [5, 5.41) is 9.16. The van der Waals surface area contributed by atoms with Crippen molar-refractivity contribution in [1.29, 1.82) is 0 Å². The van der Waals surface area contributed by atoms with Crippen LogP contribution < -0.4 is 0 Å². The molecule has 1 aliphatic rings. The summed E-state index contributed by atoms with van der Waals surface area (Å²) >= 11 is 0. The molecule has 0 bridgehead atoms. The van der Waals surface area contributed by atoms with Crippen LogP contribution in [0.25, 0.3) is 0 Å².